The highest BCUT2D eigenvalue weighted by molar-refractivity contribution is 6.71. The standard InChI is InChI=1S/C18H32O4Si3/c1-23(2,3)20-16-12-10-15(11-13-16)17(21-24(4,5)6)14-18(19)22-25(7,8)9/h10-14H,1-9H3/b17-14-. The van der Waals surface area contributed by atoms with E-state index in [4.69, 9.17) is 13.3 Å². The second-order valence-corrected chi connectivity index (χ2v) is 22.3. The molecule has 0 spiro atoms. The number of carbonyl (C=O) groups is 1. The molecule has 7 heteroatoms. The fourth-order valence-electron chi connectivity index (χ4n) is 1.98. The van der Waals surface area contributed by atoms with Crippen LogP contribution >= 0.6 is 0 Å². The van der Waals surface area contributed by atoms with Crippen molar-refractivity contribution in [3.05, 3.63) is 35.9 Å². The first-order valence-corrected chi connectivity index (χ1v) is 18.8. The molecule has 4 nitrogen and oxygen atoms in total. The second kappa shape index (κ2) is 7.92. The molecule has 0 amide bonds. The molecule has 0 unspecified atom stereocenters. The van der Waals surface area contributed by atoms with Gasteiger partial charge in [-0.3, -0.25) is 0 Å². The normalized spacial score (nSPS) is 13.4. The molecule has 140 valence electrons. The SMILES string of the molecule is C[Si](C)(C)OC(=O)/C=C(\O[Si](C)(C)C)c1ccc(O[Si](C)(C)C)cc1. The Labute approximate surface area is 155 Å². The van der Waals surface area contributed by atoms with E-state index < -0.39 is 25.0 Å². The Morgan fingerprint density at radius 3 is 1.64 bits per heavy atom. The van der Waals surface area contributed by atoms with E-state index in [0.29, 0.717) is 5.76 Å². The van der Waals surface area contributed by atoms with Gasteiger partial charge in [-0.2, -0.15) is 0 Å². The van der Waals surface area contributed by atoms with Gasteiger partial charge in [0.15, 0.2) is 0 Å². The monoisotopic (exact) mass is 396 g/mol. The number of carbonyl (C=O) groups excluding carboxylic acids is 1. The lowest BCUT2D eigenvalue weighted by Crippen LogP contribution is -2.29. The van der Waals surface area contributed by atoms with E-state index in [1.165, 1.54) is 6.08 Å². The fourth-order valence-corrected chi connectivity index (χ4v) is 4.32. The van der Waals surface area contributed by atoms with Crippen LogP contribution in [-0.2, 0) is 13.6 Å². The second-order valence-electron chi connectivity index (χ2n) is 9.00. The van der Waals surface area contributed by atoms with Gasteiger partial charge in [-0.05, 0) is 83.2 Å². The van der Waals surface area contributed by atoms with Crippen molar-refractivity contribution in [2.75, 3.05) is 0 Å². The molecular weight excluding hydrogens is 364 g/mol. The van der Waals surface area contributed by atoms with E-state index in [1.807, 2.05) is 43.9 Å². The number of hydrogen-bond donors (Lipinski definition) is 0. The molecule has 25 heavy (non-hydrogen) atoms. The summed E-state index contributed by atoms with van der Waals surface area (Å²) in [5.74, 6) is 1.08. The molecule has 0 N–H and O–H groups in total. The van der Waals surface area contributed by atoms with E-state index in [0.717, 1.165) is 11.3 Å². The Hall–Kier alpha value is -1.32. The predicted molar refractivity (Wildman–Crippen MR) is 112 cm³/mol. The van der Waals surface area contributed by atoms with E-state index in [2.05, 4.69) is 39.3 Å². The molecule has 0 saturated heterocycles. The zero-order chi connectivity index (χ0) is 19.5. The van der Waals surface area contributed by atoms with Crippen LogP contribution in [0.3, 0.4) is 0 Å². The molecule has 1 rings (SSSR count). The van der Waals surface area contributed by atoms with Crippen LogP contribution in [0.1, 0.15) is 5.56 Å². The molecule has 1 aromatic carbocycles. The Balaban J connectivity index is 3.10. The van der Waals surface area contributed by atoms with Crippen LogP contribution in [0.4, 0.5) is 0 Å². The lowest BCUT2D eigenvalue weighted by Gasteiger charge is -2.23. The molecule has 0 aliphatic carbocycles. The summed E-state index contributed by atoms with van der Waals surface area (Å²) in [6, 6.07) is 7.73. The Bertz CT molecular complexity index is 618. The third kappa shape index (κ3) is 9.66. The highest BCUT2D eigenvalue weighted by Gasteiger charge is 2.23. The van der Waals surface area contributed by atoms with Gasteiger partial charge in [-0.25, -0.2) is 4.79 Å². The fraction of sp³-hybridized carbons (Fsp3) is 0.500. The number of benzene rings is 1. The lowest BCUT2D eigenvalue weighted by atomic mass is 10.2. The molecule has 0 heterocycles. The average molecular weight is 397 g/mol. The van der Waals surface area contributed by atoms with Crippen molar-refractivity contribution in [1.82, 2.24) is 0 Å². The molecule has 0 fully saturated rings. The van der Waals surface area contributed by atoms with Crippen LogP contribution in [0.15, 0.2) is 30.3 Å². The van der Waals surface area contributed by atoms with Gasteiger partial charge in [0.25, 0.3) is 0 Å². The smallest absolute Gasteiger partial charge is 0.321 e. The van der Waals surface area contributed by atoms with E-state index in [9.17, 15) is 4.79 Å². The summed E-state index contributed by atoms with van der Waals surface area (Å²) in [7, 11) is -5.45. The molecule has 0 saturated carbocycles. The van der Waals surface area contributed by atoms with E-state index in [1.54, 1.807) is 0 Å². The summed E-state index contributed by atoms with van der Waals surface area (Å²) in [5, 5.41) is 0. The van der Waals surface area contributed by atoms with Gasteiger partial charge < -0.3 is 13.3 Å². The quantitative estimate of drug-likeness (QED) is 0.348. The highest BCUT2D eigenvalue weighted by Crippen LogP contribution is 2.25. The zero-order valence-corrected chi connectivity index (χ0v) is 20.0. The van der Waals surface area contributed by atoms with Gasteiger partial charge in [-0.1, -0.05) is 0 Å². The van der Waals surface area contributed by atoms with Crippen LogP contribution in [0.25, 0.3) is 5.76 Å². The molecule has 0 aliphatic rings. The van der Waals surface area contributed by atoms with Gasteiger partial charge in [-0.15, -0.1) is 0 Å². The van der Waals surface area contributed by atoms with Crippen LogP contribution < -0.4 is 4.43 Å². The Kier molecular flexibility index (Phi) is 6.88. The largest absolute Gasteiger partial charge is 0.544 e. The van der Waals surface area contributed by atoms with E-state index >= 15 is 0 Å². The summed E-state index contributed by atoms with van der Waals surface area (Å²) >= 11 is 0. The number of rotatable bonds is 7. The number of hydrogen-bond acceptors (Lipinski definition) is 4. The van der Waals surface area contributed by atoms with E-state index in [-0.39, 0.29) is 5.97 Å². The van der Waals surface area contributed by atoms with Gasteiger partial charge in [0.1, 0.15) is 11.5 Å². The third-order valence-corrected chi connectivity index (χ3v) is 5.13. The molecule has 0 aliphatic heterocycles. The molecular formula is C18H32O4Si3. The van der Waals surface area contributed by atoms with Crippen molar-refractivity contribution < 1.29 is 18.1 Å². The van der Waals surface area contributed by atoms with Crippen molar-refractivity contribution in [2.45, 2.75) is 58.9 Å². The summed E-state index contributed by atoms with van der Waals surface area (Å²) in [6.07, 6.45) is 1.48. The summed E-state index contributed by atoms with van der Waals surface area (Å²) in [6.45, 7) is 18.7. The first-order valence-electron chi connectivity index (χ1n) is 8.58. The first kappa shape index (κ1) is 21.7. The van der Waals surface area contributed by atoms with Crippen LogP contribution in [0, 0.1) is 0 Å². The van der Waals surface area contributed by atoms with Crippen LogP contribution in [0.2, 0.25) is 58.9 Å². The van der Waals surface area contributed by atoms with Crippen molar-refractivity contribution in [3.63, 3.8) is 0 Å². The van der Waals surface area contributed by atoms with Gasteiger partial charge >= 0.3 is 5.97 Å². The third-order valence-electron chi connectivity index (χ3n) is 2.63. The molecule has 0 atom stereocenters. The molecule has 0 bridgehead atoms. The Morgan fingerprint density at radius 2 is 1.24 bits per heavy atom. The summed E-state index contributed by atoms with van der Waals surface area (Å²) < 4.78 is 17.7. The molecule has 0 aromatic heterocycles. The van der Waals surface area contributed by atoms with Crippen LogP contribution in [-0.4, -0.2) is 30.9 Å². The minimum Gasteiger partial charge on any atom is -0.544 e. The molecule has 1 aromatic rings. The maximum atomic E-state index is 12.2. The predicted octanol–water partition coefficient (Wildman–Crippen LogP) is 5.47. The van der Waals surface area contributed by atoms with Gasteiger partial charge in [0.05, 0.1) is 6.08 Å². The maximum Gasteiger partial charge on any atom is 0.321 e. The highest BCUT2D eigenvalue weighted by atomic mass is 28.4. The zero-order valence-electron chi connectivity index (χ0n) is 17.0. The van der Waals surface area contributed by atoms with Crippen molar-refractivity contribution in [2.24, 2.45) is 0 Å². The van der Waals surface area contributed by atoms with Crippen molar-refractivity contribution in [3.8, 4) is 5.75 Å². The maximum absolute atomic E-state index is 12.2. The summed E-state index contributed by atoms with van der Waals surface area (Å²) in [4.78, 5) is 12.2. The topological polar surface area (TPSA) is 44.8 Å². The lowest BCUT2D eigenvalue weighted by molar-refractivity contribution is -0.129. The minimum atomic E-state index is -1.94. The summed E-state index contributed by atoms with van der Waals surface area (Å²) in [5.41, 5.74) is 0.859. The van der Waals surface area contributed by atoms with Crippen molar-refractivity contribution >= 4 is 36.7 Å². The van der Waals surface area contributed by atoms with Crippen LogP contribution in [0.5, 0.6) is 5.75 Å². The van der Waals surface area contributed by atoms with Crippen molar-refractivity contribution in [1.29, 1.82) is 0 Å². The first-order chi connectivity index (χ1) is 11.1. The Morgan fingerprint density at radius 1 is 0.760 bits per heavy atom. The van der Waals surface area contributed by atoms with Gasteiger partial charge in [0, 0.05) is 5.56 Å². The minimum absolute atomic E-state index is 0.338. The average Bonchev–Trinajstić information content (AvgIpc) is 2.32. The van der Waals surface area contributed by atoms with Gasteiger partial charge in [0.2, 0.25) is 25.0 Å². The molecule has 0 radical (unpaired) electrons.